The molecular weight excluding hydrogens is 416 g/mol. The summed E-state index contributed by atoms with van der Waals surface area (Å²) >= 11 is 0. The van der Waals surface area contributed by atoms with Crippen LogP contribution in [0, 0.1) is 0 Å². The third-order valence-corrected chi connectivity index (χ3v) is 5.85. The topological polar surface area (TPSA) is 88.3 Å². The van der Waals surface area contributed by atoms with Gasteiger partial charge in [-0.3, -0.25) is 4.90 Å². The first-order chi connectivity index (χ1) is 16.2. The zero-order valence-electron chi connectivity index (χ0n) is 18.2. The van der Waals surface area contributed by atoms with Crippen molar-refractivity contribution in [2.24, 2.45) is 0 Å². The quantitative estimate of drug-likeness (QED) is 0.407. The van der Waals surface area contributed by atoms with Crippen molar-refractivity contribution < 1.29 is 9.84 Å². The van der Waals surface area contributed by atoms with Gasteiger partial charge in [0.2, 0.25) is 0 Å². The Morgan fingerprint density at radius 1 is 1.09 bits per heavy atom. The summed E-state index contributed by atoms with van der Waals surface area (Å²) in [7, 11) is 0. The van der Waals surface area contributed by atoms with Crippen LogP contribution in [0.5, 0.6) is 11.5 Å². The number of piperidine rings is 1. The van der Waals surface area contributed by atoms with Gasteiger partial charge in [0.05, 0.1) is 17.6 Å². The number of hydrogen-bond acceptors (Lipinski definition) is 7. The number of anilines is 2. The summed E-state index contributed by atoms with van der Waals surface area (Å²) < 4.78 is 7.81. The molecule has 168 valence electrons. The second kappa shape index (κ2) is 9.40. The Kier molecular flexibility index (Phi) is 6.01. The number of fused-ring (bicyclic) bond motifs is 1. The zero-order chi connectivity index (χ0) is 22.6. The lowest BCUT2D eigenvalue weighted by Gasteiger charge is -2.34. The Morgan fingerprint density at radius 3 is 2.67 bits per heavy atom. The van der Waals surface area contributed by atoms with Crippen molar-refractivity contribution in [1.29, 1.82) is 0 Å². The molecule has 0 amide bonds. The number of likely N-dealkylation sites (tertiary alicyclic amines) is 1. The maximum Gasteiger partial charge on any atom is 0.163 e. The molecule has 0 saturated carbocycles. The number of aromatic nitrogens is 4. The molecule has 2 aromatic heterocycles. The molecule has 1 aliphatic heterocycles. The van der Waals surface area contributed by atoms with E-state index in [-0.39, 0.29) is 6.04 Å². The van der Waals surface area contributed by atoms with Gasteiger partial charge in [-0.25, -0.2) is 14.6 Å². The Hall–Kier alpha value is -3.75. The predicted molar refractivity (Wildman–Crippen MR) is 128 cm³/mol. The van der Waals surface area contributed by atoms with Crippen LogP contribution in [0.25, 0.3) is 11.0 Å². The van der Waals surface area contributed by atoms with Gasteiger partial charge in [-0.2, -0.15) is 5.10 Å². The first kappa shape index (κ1) is 21.1. The lowest BCUT2D eigenvalue weighted by molar-refractivity contribution is 0.0126. The van der Waals surface area contributed by atoms with Crippen molar-refractivity contribution in [3.05, 3.63) is 79.8 Å². The molecule has 2 atom stereocenters. The summed E-state index contributed by atoms with van der Waals surface area (Å²) in [4.78, 5) is 10.9. The van der Waals surface area contributed by atoms with E-state index in [9.17, 15) is 5.11 Å². The third-order valence-electron chi connectivity index (χ3n) is 5.85. The van der Waals surface area contributed by atoms with Gasteiger partial charge in [0.1, 0.15) is 29.9 Å². The lowest BCUT2D eigenvalue weighted by atomic mass is 10.1. The molecule has 2 aromatic carbocycles. The Morgan fingerprint density at radius 2 is 1.88 bits per heavy atom. The minimum absolute atomic E-state index is 0.128. The predicted octanol–water partition coefficient (Wildman–Crippen LogP) is 4.50. The van der Waals surface area contributed by atoms with Crippen LogP contribution in [0.2, 0.25) is 0 Å². The number of benzene rings is 2. The zero-order valence-corrected chi connectivity index (χ0v) is 18.2. The highest BCUT2D eigenvalue weighted by atomic mass is 16.5. The smallest absolute Gasteiger partial charge is 0.163 e. The van der Waals surface area contributed by atoms with Gasteiger partial charge >= 0.3 is 0 Å². The Labute approximate surface area is 192 Å². The first-order valence-electron chi connectivity index (χ1n) is 11.0. The fourth-order valence-electron chi connectivity index (χ4n) is 4.17. The summed E-state index contributed by atoms with van der Waals surface area (Å²) in [5.41, 5.74) is 1.66. The highest BCUT2D eigenvalue weighted by Gasteiger charge is 2.26. The molecule has 0 spiro atoms. The minimum atomic E-state index is -0.643. The number of aliphatic hydroxyl groups excluding tert-OH is 1. The van der Waals surface area contributed by atoms with Crippen LogP contribution in [-0.2, 0) is 0 Å². The molecule has 4 aromatic rings. The van der Waals surface area contributed by atoms with Gasteiger partial charge in [0, 0.05) is 18.8 Å². The van der Waals surface area contributed by atoms with Crippen molar-refractivity contribution in [3.63, 3.8) is 0 Å². The molecule has 33 heavy (non-hydrogen) atoms. The summed E-state index contributed by atoms with van der Waals surface area (Å²) in [5, 5.41) is 19.0. The number of nitrogens with one attached hydrogen (secondary N) is 1. The molecule has 2 N–H and O–H groups in total. The number of para-hydroxylation sites is 1. The summed E-state index contributed by atoms with van der Waals surface area (Å²) in [6, 6.07) is 17.5. The molecular formula is C25H26N6O2. The van der Waals surface area contributed by atoms with Gasteiger partial charge in [-0.1, -0.05) is 24.8 Å². The number of nitrogens with zero attached hydrogens (tertiary/aromatic N) is 5. The SMILES string of the molecule is C=CC(O)N1CCC[C@@H](n2ncc3c(Nc4ccc(Oc5ccccc5)cc4)ncnc32)C1. The van der Waals surface area contributed by atoms with E-state index >= 15 is 0 Å². The minimum Gasteiger partial charge on any atom is -0.457 e. The van der Waals surface area contributed by atoms with Crippen LogP contribution in [0.4, 0.5) is 11.5 Å². The van der Waals surface area contributed by atoms with Gasteiger partial charge in [-0.05, 0) is 55.3 Å². The molecule has 3 heterocycles. The van der Waals surface area contributed by atoms with Gasteiger partial charge < -0.3 is 15.2 Å². The van der Waals surface area contributed by atoms with Crippen LogP contribution >= 0.6 is 0 Å². The van der Waals surface area contributed by atoms with Crippen molar-refractivity contribution >= 4 is 22.5 Å². The molecule has 1 aliphatic rings. The first-order valence-corrected chi connectivity index (χ1v) is 11.0. The standard InChI is InChI=1S/C25H26N6O2/c1-2-23(32)30-14-6-7-19(16-30)31-25-22(15-28-31)24(26-17-27-25)29-18-10-12-21(13-11-18)33-20-8-4-3-5-9-20/h2-5,8-13,15,17,19,23,32H,1,6-7,14,16H2,(H,26,27,29)/t19-,23?/m1/s1. The van der Waals surface area contributed by atoms with E-state index in [4.69, 9.17) is 4.74 Å². The van der Waals surface area contributed by atoms with E-state index in [1.165, 1.54) is 0 Å². The largest absolute Gasteiger partial charge is 0.457 e. The van der Waals surface area contributed by atoms with Crippen LogP contribution in [0.15, 0.2) is 79.8 Å². The van der Waals surface area contributed by atoms with Gasteiger partial charge in [0.15, 0.2) is 5.65 Å². The fourth-order valence-corrected chi connectivity index (χ4v) is 4.17. The Bertz CT molecular complexity index is 1220. The molecule has 8 nitrogen and oxygen atoms in total. The van der Waals surface area contributed by atoms with E-state index in [2.05, 4.69) is 27.0 Å². The second-order valence-electron chi connectivity index (χ2n) is 8.05. The van der Waals surface area contributed by atoms with Gasteiger partial charge in [0.25, 0.3) is 0 Å². The van der Waals surface area contributed by atoms with E-state index in [1.54, 1.807) is 18.6 Å². The average molecular weight is 443 g/mol. The normalized spacial score (nSPS) is 17.5. The molecule has 1 unspecified atom stereocenters. The molecule has 1 fully saturated rings. The number of hydrogen-bond donors (Lipinski definition) is 2. The summed E-state index contributed by atoms with van der Waals surface area (Å²) in [5.74, 6) is 2.25. The van der Waals surface area contributed by atoms with Crippen LogP contribution in [0.1, 0.15) is 18.9 Å². The van der Waals surface area contributed by atoms with Crippen LogP contribution in [0.3, 0.4) is 0 Å². The van der Waals surface area contributed by atoms with E-state index in [0.717, 1.165) is 47.6 Å². The van der Waals surface area contributed by atoms with E-state index in [1.807, 2.05) is 64.2 Å². The molecule has 1 saturated heterocycles. The number of aliphatic hydroxyl groups is 1. The van der Waals surface area contributed by atoms with Crippen LogP contribution < -0.4 is 10.1 Å². The average Bonchev–Trinajstić information content (AvgIpc) is 3.31. The molecule has 0 bridgehead atoms. The number of rotatable bonds is 7. The maximum atomic E-state index is 10.2. The molecule has 0 radical (unpaired) electrons. The maximum absolute atomic E-state index is 10.2. The van der Waals surface area contributed by atoms with Crippen molar-refractivity contribution in [2.75, 3.05) is 18.4 Å². The van der Waals surface area contributed by atoms with Crippen molar-refractivity contribution in [3.8, 4) is 11.5 Å². The second-order valence-corrected chi connectivity index (χ2v) is 8.05. The highest BCUT2D eigenvalue weighted by molar-refractivity contribution is 5.88. The fraction of sp³-hybridized carbons (Fsp3) is 0.240. The highest BCUT2D eigenvalue weighted by Crippen LogP contribution is 2.29. The van der Waals surface area contributed by atoms with Gasteiger partial charge in [-0.15, -0.1) is 0 Å². The van der Waals surface area contributed by atoms with Crippen molar-refractivity contribution in [2.45, 2.75) is 25.1 Å². The summed E-state index contributed by atoms with van der Waals surface area (Å²) in [6.07, 6.45) is 6.22. The van der Waals surface area contributed by atoms with Crippen molar-refractivity contribution in [1.82, 2.24) is 24.6 Å². The third kappa shape index (κ3) is 4.57. The van der Waals surface area contributed by atoms with E-state index < -0.39 is 6.23 Å². The Balaban J connectivity index is 1.33. The van der Waals surface area contributed by atoms with Crippen LogP contribution in [-0.4, -0.2) is 49.1 Å². The summed E-state index contributed by atoms with van der Waals surface area (Å²) in [6.45, 7) is 5.24. The monoisotopic (exact) mass is 442 g/mol. The van der Waals surface area contributed by atoms with E-state index in [0.29, 0.717) is 12.4 Å². The molecule has 0 aliphatic carbocycles. The molecule has 5 rings (SSSR count). The molecule has 8 heteroatoms. The number of ether oxygens (including phenoxy) is 1. The lowest BCUT2D eigenvalue weighted by Crippen LogP contribution is -2.42.